The van der Waals surface area contributed by atoms with E-state index in [0.717, 1.165) is 10.6 Å². The van der Waals surface area contributed by atoms with Crippen LogP contribution in [0.1, 0.15) is 24.2 Å². The summed E-state index contributed by atoms with van der Waals surface area (Å²) in [5, 5.41) is 1.99. The minimum absolute atomic E-state index is 0.145. The van der Waals surface area contributed by atoms with Crippen molar-refractivity contribution in [3.8, 4) is 5.69 Å². The number of alkyl halides is 3. The van der Waals surface area contributed by atoms with Crippen LogP contribution in [-0.4, -0.2) is 16.7 Å². The van der Waals surface area contributed by atoms with Gasteiger partial charge in [0.05, 0.1) is 17.1 Å². The Balaban J connectivity index is 2.33. The molecule has 1 unspecified atom stereocenters. The first-order valence-electron chi connectivity index (χ1n) is 8.39. The topological polar surface area (TPSA) is 51.1 Å². The Hall–Kier alpha value is -3.16. The zero-order valence-corrected chi connectivity index (χ0v) is 15.0. The number of rotatable bonds is 3. The molecule has 0 fully saturated rings. The van der Waals surface area contributed by atoms with Gasteiger partial charge in [0.2, 0.25) is 0 Å². The molecule has 0 aliphatic rings. The molecule has 1 atom stereocenters. The summed E-state index contributed by atoms with van der Waals surface area (Å²) in [6.45, 7) is 2.92. The molecule has 28 heavy (non-hydrogen) atoms. The molecular formula is C20H16F4N2O2. The van der Waals surface area contributed by atoms with Gasteiger partial charge in [0.25, 0.3) is 5.56 Å². The van der Waals surface area contributed by atoms with Crippen molar-refractivity contribution in [1.29, 1.82) is 0 Å². The molecule has 1 N–H and O–H groups in total. The molecule has 1 heterocycles. The van der Waals surface area contributed by atoms with E-state index in [1.165, 1.54) is 19.1 Å². The highest BCUT2D eigenvalue weighted by molar-refractivity contribution is 5.87. The molecule has 0 saturated carbocycles. The third-order valence-corrected chi connectivity index (χ3v) is 4.49. The third-order valence-electron chi connectivity index (χ3n) is 4.49. The van der Waals surface area contributed by atoms with Crippen LogP contribution in [0.2, 0.25) is 0 Å². The summed E-state index contributed by atoms with van der Waals surface area (Å²) in [5.41, 5.74) is 0.177. The number of carbonyl (C=O) groups is 1. The summed E-state index contributed by atoms with van der Waals surface area (Å²) in [7, 11) is 0. The molecule has 146 valence electrons. The molecule has 2 aromatic carbocycles. The Morgan fingerprint density at radius 1 is 1.07 bits per heavy atom. The second-order valence-electron chi connectivity index (χ2n) is 6.34. The Bertz CT molecular complexity index is 1110. The van der Waals surface area contributed by atoms with E-state index < -0.39 is 29.5 Å². The number of carbonyl (C=O) groups excluding carboxylic acids is 1. The zero-order valence-electron chi connectivity index (χ0n) is 15.0. The van der Waals surface area contributed by atoms with Crippen LogP contribution in [-0.2, 0) is 4.79 Å². The fraction of sp³-hybridized carbons (Fsp3) is 0.200. The molecule has 8 heteroatoms. The van der Waals surface area contributed by atoms with Crippen LogP contribution in [0.15, 0.2) is 53.3 Å². The Kier molecular flexibility index (Phi) is 4.97. The van der Waals surface area contributed by atoms with E-state index in [2.05, 4.69) is 0 Å². The minimum atomic E-state index is -5.07. The molecule has 0 aliphatic carbocycles. The summed E-state index contributed by atoms with van der Waals surface area (Å²) in [4.78, 5) is 24.5. The van der Waals surface area contributed by atoms with Crippen LogP contribution >= 0.6 is 0 Å². The summed E-state index contributed by atoms with van der Waals surface area (Å²) < 4.78 is 53.6. The molecule has 3 aromatic rings. The van der Waals surface area contributed by atoms with Gasteiger partial charge in [-0.3, -0.25) is 14.2 Å². The van der Waals surface area contributed by atoms with E-state index in [1.807, 2.05) is 5.32 Å². The summed E-state index contributed by atoms with van der Waals surface area (Å²) in [6, 6.07) is 11.1. The van der Waals surface area contributed by atoms with E-state index in [4.69, 9.17) is 0 Å². The standard InChI is InChI=1S/C20H16F4N2O2/c1-11-14-9-6-10-15(21)16(14)18(27)26(13-7-4-3-5-8-13)17(11)12(2)25-19(28)20(22,23)24/h3-10,12H,1-2H3,(H,25,28). The number of hydrogen-bond donors (Lipinski definition) is 1. The lowest BCUT2D eigenvalue weighted by Crippen LogP contribution is -2.40. The van der Waals surface area contributed by atoms with Crippen LogP contribution in [0.5, 0.6) is 0 Å². The first-order valence-corrected chi connectivity index (χ1v) is 8.39. The van der Waals surface area contributed by atoms with Crippen molar-refractivity contribution >= 4 is 16.7 Å². The number of aromatic nitrogens is 1. The fourth-order valence-corrected chi connectivity index (χ4v) is 3.28. The largest absolute Gasteiger partial charge is 0.471 e. The van der Waals surface area contributed by atoms with Gasteiger partial charge in [0.15, 0.2) is 0 Å². The number of fused-ring (bicyclic) bond motifs is 1. The molecule has 0 bridgehead atoms. The fourth-order valence-electron chi connectivity index (χ4n) is 3.28. The van der Waals surface area contributed by atoms with Crippen LogP contribution < -0.4 is 10.9 Å². The number of pyridine rings is 1. The van der Waals surface area contributed by atoms with Crippen LogP contribution in [0, 0.1) is 12.7 Å². The smallest absolute Gasteiger partial charge is 0.340 e. The highest BCUT2D eigenvalue weighted by atomic mass is 19.4. The number of nitrogens with zero attached hydrogens (tertiary/aromatic N) is 1. The van der Waals surface area contributed by atoms with Gasteiger partial charge >= 0.3 is 12.1 Å². The van der Waals surface area contributed by atoms with Crippen molar-refractivity contribution in [2.24, 2.45) is 0 Å². The Morgan fingerprint density at radius 3 is 2.32 bits per heavy atom. The first kappa shape index (κ1) is 19.6. The average molecular weight is 392 g/mol. The summed E-state index contributed by atoms with van der Waals surface area (Å²) in [6.07, 6.45) is -5.07. The van der Waals surface area contributed by atoms with Crippen molar-refractivity contribution in [1.82, 2.24) is 9.88 Å². The number of para-hydroxylation sites is 1. The number of nitrogens with one attached hydrogen (secondary N) is 1. The maximum atomic E-state index is 14.4. The minimum Gasteiger partial charge on any atom is -0.340 e. The molecule has 0 saturated heterocycles. The van der Waals surface area contributed by atoms with Gasteiger partial charge in [-0.25, -0.2) is 4.39 Å². The number of halogens is 4. The molecule has 0 spiro atoms. The Labute approximate surface area is 157 Å². The van der Waals surface area contributed by atoms with Crippen molar-refractivity contribution in [3.05, 3.63) is 76.0 Å². The van der Waals surface area contributed by atoms with Crippen molar-refractivity contribution in [2.45, 2.75) is 26.1 Å². The van der Waals surface area contributed by atoms with Crippen molar-refractivity contribution in [3.63, 3.8) is 0 Å². The third kappa shape index (κ3) is 3.37. The molecular weight excluding hydrogens is 376 g/mol. The molecule has 3 rings (SSSR count). The predicted molar refractivity (Wildman–Crippen MR) is 96.9 cm³/mol. The molecule has 1 amide bonds. The van der Waals surface area contributed by atoms with Crippen LogP contribution in [0.3, 0.4) is 0 Å². The molecule has 1 aromatic heterocycles. The van der Waals surface area contributed by atoms with Crippen molar-refractivity contribution in [2.75, 3.05) is 0 Å². The predicted octanol–water partition coefficient (Wildman–Crippen LogP) is 4.18. The maximum Gasteiger partial charge on any atom is 0.471 e. The number of benzene rings is 2. The summed E-state index contributed by atoms with van der Waals surface area (Å²) >= 11 is 0. The first-order chi connectivity index (χ1) is 13.1. The molecule has 0 radical (unpaired) electrons. The zero-order chi connectivity index (χ0) is 20.6. The molecule has 0 aliphatic heterocycles. The monoisotopic (exact) mass is 392 g/mol. The lowest BCUT2D eigenvalue weighted by molar-refractivity contribution is -0.174. The van der Waals surface area contributed by atoms with Gasteiger partial charge in [-0.15, -0.1) is 0 Å². The SMILES string of the molecule is Cc1c(C(C)NC(=O)C(F)(F)F)n(-c2ccccc2)c(=O)c2c(F)cccc12. The van der Waals surface area contributed by atoms with E-state index >= 15 is 0 Å². The highest BCUT2D eigenvalue weighted by Gasteiger charge is 2.40. The van der Waals surface area contributed by atoms with Gasteiger partial charge in [0.1, 0.15) is 5.82 Å². The number of hydrogen-bond acceptors (Lipinski definition) is 2. The highest BCUT2D eigenvalue weighted by Crippen LogP contribution is 2.28. The lowest BCUT2D eigenvalue weighted by atomic mass is 10.00. The van der Waals surface area contributed by atoms with Gasteiger partial charge in [-0.2, -0.15) is 13.2 Å². The molecule has 4 nitrogen and oxygen atoms in total. The summed E-state index contributed by atoms with van der Waals surface area (Å²) in [5.74, 6) is -2.85. The van der Waals surface area contributed by atoms with E-state index in [0.29, 0.717) is 11.3 Å². The van der Waals surface area contributed by atoms with Gasteiger partial charge in [0, 0.05) is 5.69 Å². The van der Waals surface area contributed by atoms with E-state index in [-0.39, 0.29) is 16.5 Å². The van der Waals surface area contributed by atoms with Gasteiger partial charge in [-0.05, 0) is 43.0 Å². The number of aryl methyl sites for hydroxylation is 1. The van der Waals surface area contributed by atoms with Gasteiger partial charge < -0.3 is 5.32 Å². The van der Waals surface area contributed by atoms with Crippen molar-refractivity contribution < 1.29 is 22.4 Å². The van der Waals surface area contributed by atoms with Crippen LogP contribution in [0.4, 0.5) is 17.6 Å². The maximum absolute atomic E-state index is 14.4. The van der Waals surface area contributed by atoms with Gasteiger partial charge in [-0.1, -0.05) is 30.3 Å². The lowest BCUT2D eigenvalue weighted by Gasteiger charge is -2.24. The quantitative estimate of drug-likeness (QED) is 0.680. The normalized spacial score (nSPS) is 12.8. The average Bonchev–Trinajstić information content (AvgIpc) is 2.64. The Morgan fingerprint density at radius 2 is 1.71 bits per heavy atom. The van der Waals surface area contributed by atoms with E-state index in [9.17, 15) is 27.2 Å². The van der Waals surface area contributed by atoms with Crippen LogP contribution in [0.25, 0.3) is 16.5 Å². The second-order valence-corrected chi connectivity index (χ2v) is 6.34. The second kappa shape index (κ2) is 7.10. The van der Waals surface area contributed by atoms with E-state index in [1.54, 1.807) is 37.3 Å². The number of amides is 1.